The molecular weight excluding hydrogens is 294 g/mol. The molecule has 0 aliphatic heterocycles. The molecule has 1 aromatic heterocycles. The molecule has 6 nitrogen and oxygen atoms in total. The second-order valence-corrected chi connectivity index (χ2v) is 5.79. The maximum absolute atomic E-state index is 12.2. The normalized spacial score (nSPS) is 11.0. The second kappa shape index (κ2) is 6.66. The lowest BCUT2D eigenvalue weighted by atomic mass is 10.0. The van der Waals surface area contributed by atoms with E-state index < -0.39 is 5.91 Å². The average molecular weight is 315 g/mol. The largest absolute Gasteiger partial charge is 0.511 e. The Hall–Kier alpha value is -2.60. The fourth-order valence-electron chi connectivity index (χ4n) is 2.32. The molecule has 0 unspecified atom stereocenters. The Labute approximate surface area is 135 Å². The van der Waals surface area contributed by atoms with Gasteiger partial charge in [-0.2, -0.15) is 0 Å². The van der Waals surface area contributed by atoms with Crippen LogP contribution in [-0.4, -0.2) is 46.6 Å². The number of benzene rings is 1. The number of fused-ring (bicyclic) bond motifs is 1. The van der Waals surface area contributed by atoms with Crippen LogP contribution in [0.4, 0.5) is 0 Å². The number of aromatic hydroxyl groups is 1. The fourth-order valence-corrected chi connectivity index (χ4v) is 2.32. The van der Waals surface area contributed by atoms with E-state index in [1.165, 1.54) is 0 Å². The number of carbonyl (C=O) groups excluding carboxylic acids is 1. The molecule has 1 heterocycles. The first kappa shape index (κ1) is 16.8. The molecule has 0 saturated heterocycles. The predicted octanol–water partition coefficient (Wildman–Crippen LogP) is 2.11. The van der Waals surface area contributed by atoms with E-state index in [1.807, 2.05) is 38.1 Å². The van der Waals surface area contributed by atoms with Gasteiger partial charge < -0.3 is 20.4 Å². The Morgan fingerprint density at radius 3 is 2.65 bits per heavy atom. The zero-order chi connectivity index (χ0) is 17.1. The summed E-state index contributed by atoms with van der Waals surface area (Å²) in [4.78, 5) is 18.5. The SMILES string of the molecule is C=C(O)CNC(=O)c1nc(CN(C)C)c2cc(C)ccc2c1O. The van der Waals surface area contributed by atoms with Crippen molar-refractivity contribution in [2.45, 2.75) is 13.5 Å². The predicted molar refractivity (Wildman–Crippen MR) is 89.6 cm³/mol. The highest BCUT2D eigenvalue weighted by atomic mass is 16.3. The van der Waals surface area contributed by atoms with Gasteiger partial charge >= 0.3 is 0 Å². The first-order chi connectivity index (χ1) is 10.8. The quantitative estimate of drug-likeness (QED) is 0.736. The number of aromatic nitrogens is 1. The summed E-state index contributed by atoms with van der Waals surface area (Å²) >= 11 is 0. The number of hydrogen-bond acceptors (Lipinski definition) is 5. The van der Waals surface area contributed by atoms with Gasteiger partial charge in [0.25, 0.3) is 5.91 Å². The Balaban J connectivity index is 2.57. The van der Waals surface area contributed by atoms with Gasteiger partial charge in [0.1, 0.15) is 5.76 Å². The molecule has 2 aromatic rings. The highest BCUT2D eigenvalue weighted by molar-refractivity contribution is 6.02. The van der Waals surface area contributed by atoms with E-state index in [1.54, 1.807) is 6.07 Å². The Morgan fingerprint density at radius 2 is 2.04 bits per heavy atom. The summed E-state index contributed by atoms with van der Waals surface area (Å²) in [6.45, 7) is 5.72. The Kier molecular flexibility index (Phi) is 4.86. The highest BCUT2D eigenvalue weighted by Crippen LogP contribution is 2.30. The molecule has 0 radical (unpaired) electrons. The molecule has 0 fully saturated rings. The third-order valence-corrected chi connectivity index (χ3v) is 3.35. The zero-order valence-corrected chi connectivity index (χ0v) is 13.6. The number of rotatable bonds is 5. The maximum Gasteiger partial charge on any atom is 0.274 e. The molecule has 0 aliphatic carbocycles. The molecule has 0 atom stereocenters. The van der Waals surface area contributed by atoms with Crippen molar-refractivity contribution in [3.05, 3.63) is 47.5 Å². The van der Waals surface area contributed by atoms with E-state index in [2.05, 4.69) is 16.9 Å². The summed E-state index contributed by atoms with van der Waals surface area (Å²) in [5.41, 5.74) is 1.70. The summed E-state index contributed by atoms with van der Waals surface area (Å²) in [5.74, 6) is -0.883. The second-order valence-electron chi connectivity index (χ2n) is 5.79. The fraction of sp³-hybridized carbons (Fsp3) is 0.294. The lowest BCUT2D eigenvalue weighted by molar-refractivity contribution is 0.0944. The van der Waals surface area contributed by atoms with Crippen molar-refractivity contribution < 1.29 is 15.0 Å². The number of nitrogens with one attached hydrogen (secondary N) is 1. The molecule has 0 spiro atoms. The van der Waals surface area contributed by atoms with Crippen molar-refractivity contribution in [2.75, 3.05) is 20.6 Å². The van der Waals surface area contributed by atoms with Crippen molar-refractivity contribution in [1.29, 1.82) is 0 Å². The molecule has 0 bridgehead atoms. The van der Waals surface area contributed by atoms with Crippen molar-refractivity contribution in [1.82, 2.24) is 15.2 Å². The number of pyridine rings is 1. The first-order valence-corrected chi connectivity index (χ1v) is 7.21. The summed E-state index contributed by atoms with van der Waals surface area (Å²) in [6, 6.07) is 5.60. The van der Waals surface area contributed by atoms with Gasteiger partial charge in [-0.1, -0.05) is 24.3 Å². The van der Waals surface area contributed by atoms with E-state index in [-0.39, 0.29) is 23.7 Å². The number of amides is 1. The van der Waals surface area contributed by atoms with Gasteiger partial charge in [0.2, 0.25) is 0 Å². The van der Waals surface area contributed by atoms with Crippen LogP contribution < -0.4 is 5.32 Å². The number of aliphatic hydroxyl groups excluding tert-OH is 1. The van der Waals surface area contributed by atoms with Crippen molar-refractivity contribution in [3.63, 3.8) is 0 Å². The number of carbonyl (C=O) groups is 1. The van der Waals surface area contributed by atoms with Crippen LogP contribution >= 0.6 is 0 Å². The molecule has 1 amide bonds. The van der Waals surface area contributed by atoms with E-state index in [0.29, 0.717) is 17.6 Å². The monoisotopic (exact) mass is 315 g/mol. The minimum atomic E-state index is -0.555. The lowest BCUT2D eigenvalue weighted by Gasteiger charge is -2.15. The zero-order valence-electron chi connectivity index (χ0n) is 13.6. The summed E-state index contributed by atoms with van der Waals surface area (Å²) in [7, 11) is 3.82. The minimum absolute atomic E-state index is 0.0561. The van der Waals surface area contributed by atoms with Crippen molar-refractivity contribution in [3.8, 4) is 5.75 Å². The minimum Gasteiger partial charge on any atom is -0.511 e. The highest BCUT2D eigenvalue weighted by Gasteiger charge is 2.19. The van der Waals surface area contributed by atoms with Crippen LogP contribution in [0.15, 0.2) is 30.5 Å². The standard InChI is InChI=1S/C17H21N3O3/c1-10-5-6-12-13(7-10)14(9-20(3)4)19-15(16(12)22)17(23)18-8-11(2)21/h5-7,21-22H,2,8-9H2,1,3-4H3,(H,18,23). The van der Waals surface area contributed by atoms with E-state index in [9.17, 15) is 9.90 Å². The van der Waals surface area contributed by atoms with Crippen molar-refractivity contribution >= 4 is 16.7 Å². The summed E-state index contributed by atoms with van der Waals surface area (Å²) in [6.07, 6.45) is 0. The van der Waals surface area contributed by atoms with Gasteiger partial charge in [0.05, 0.1) is 12.2 Å². The molecule has 0 aliphatic rings. The van der Waals surface area contributed by atoms with Gasteiger partial charge in [0, 0.05) is 17.3 Å². The third kappa shape index (κ3) is 3.78. The molecule has 0 saturated carbocycles. The van der Waals surface area contributed by atoms with Crippen LogP contribution in [-0.2, 0) is 6.54 Å². The van der Waals surface area contributed by atoms with Gasteiger partial charge in [-0.05, 0) is 27.1 Å². The topological polar surface area (TPSA) is 85.7 Å². The van der Waals surface area contributed by atoms with Gasteiger partial charge in [0.15, 0.2) is 11.4 Å². The Bertz CT molecular complexity index is 769. The number of hydrogen-bond donors (Lipinski definition) is 3. The van der Waals surface area contributed by atoms with Crippen LogP contribution in [0, 0.1) is 6.92 Å². The average Bonchev–Trinajstić information content (AvgIpc) is 2.47. The number of aryl methyl sites for hydroxylation is 1. The third-order valence-electron chi connectivity index (χ3n) is 3.35. The molecule has 3 N–H and O–H groups in total. The smallest absolute Gasteiger partial charge is 0.274 e. The molecule has 23 heavy (non-hydrogen) atoms. The van der Waals surface area contributed by atoms with Crippen LogP contribution in [0.2, 0.25) is 0 Å². The van der Waals surface area contributed by atoms with Gasteiger partial charge in [-0.25, -0.2) is 4.98 Å². The van der Waals surface area contributed by atoms with E-state index in [4.69, 9.17) is 5.11 Å². The first-order valence-electron chi connectivity index (χ1n) is 7.21. The van der Waals surface area contributed by atoms with Crippen LogP contribution in [0.5, 0.6) is 5.75 Å². The van der Waals surface area contributed by atoms with Gasteiger partial charge in [-0.3, -0.25) is 4.79 Å². The number of aliphatic hydroxyl groups is 1. The Morgan fingerprint density at radius 1 is 1.35 bits per heavy atom. The number of nitrogens with zero attached hydrogens (tertiary/aromatic N) is 2. The molecule has 1 aromatic carbocycles. The van der Waals surface area contributed by atoms with E-state index >= 15 is 0 Å². The lowest BCUT2D eigenvalue weighted by Crippen LogP contribution is -2.27. The van der Waals surface area contributed by atoms with Crippen LogP contribution in [0.25, 0.3) is 10.8 Å². The van der Waals surface area contributed by atoms with Crippen molar-refractivity contribution in [2.24, 2.45) is 0 Å². The van der Waals surface area contributed by atoms with E-state index in [0.717, 1.165) is 10.9 Å². The van der Waals surface area contributed by atoms with Crippen LogP contribution in [0.1, 0.15) is 21.7 Å². The molecule has 122 valence electrons. The maximum atomic E-state index is 12.2. The van der Waals surface area contributed by atoms with Gasteiger partial charge in [-0.15, -0.1) is 0 Å². The van der Waals surface area contributed by atoms with Crippen LogP contribution in [0.3, 0.4) is 0 Å². The molecule has 6 heteroatoms. The molecule has 2 rings (SSSR count). The summed E-state index contributed by atoms with van der Waals surface area (Å²) < 4.78 is 0. The summed E-state index contributed by atoms with van der Waals surface area (Å²) in [5, 5.41) is 23.4. The molecular formula is C17H21N3O3.